The molecule has 0 saturated heterocycles. The fraction of sp³-hybridized carbons (Fsp3) is 0.877. The molecule has 0 bridgehead atoms. The molecule has 0 N–H and O–H groups in total. The fourth-order valence-corrected chi connectivity index (χ4v) is 11.5. The van der Waals surface area contributed by atoms with Crippen LogP contribution in [0.4, 0.5) is 0 Å². The highest BCUT2D eigenvalue weighted by Gasteiger charge is 2.42. The Hall–Kier alpha value is -2.64. The summed E-state index contributed by atoms with van der Waals surface area (Å²) in [5, 5.41) is 0. The normalized spacial score (nSPS) is 20.2. The van der Waals surface area contributed by atoms with Gasteiger partial charge in [-0.15, -0.1) is 0 Å². The van der Waals surface area contributed by atoms with Crippen LogP contribution in [0.2, 0.25) is 0 Å². The summed E-state index contributed by atoms with van der Waals surface area (Å²) in [7, 11) is 0. The monoisotopic (exact) mass is 1020 g/mol. The van der Waals surface area contributed by atoms with Crippen LogP contribution < -0.4 is 0 Å². The first-order valence-electron chi connectivity index (χ1n) is 31.3. The summed E-state index contributed by atoms with van der Waals surface area (Å²) in [6.45, 7) is 17.7. The van der Waals surface area contributed by atoms with E-state index in [0.29, 0.717) is 37.9 Å². The van der Waals surface area contributed by atoms with E-state index in [4.69, 9.17) is 18.9 Å². The average molecular weight is 1030 g/mol. The zero-order valence-electron chi connectivity index (χ0n) is 49.0. The van der Waals surface area contributed by atoms with Crippen LogP contribution in [0.3, 0.4) is 0 Å². The van der Waals surface area contributed by atoms with Crippen molar-refractivity contribution in [2.24, 2.45) is 40.9 Å². The van der Waals surface area contributed by atoms with Gasteiger partial charge in [-0.25, -0.2) is 0 Å². The highest BCUT2D eigenvalue weighted by molar-refractivity contribution is 5.76. The number of esters is 4. The Balaban J connectivity index is 1.51. The summed E-state index contributed by atoms with van der Waals surface area (Å²) in [6.07, 6.45) is 52.8. The molecular weight excluding hydrogens is 909 g/mol. The highest BCUT2D eigenvalue weighted by atomic mass is 16.6. The third-order valence-corrected chi connectivity index (χ3v) is 16.8. The van der Waals surface area contributed by atoms with Crippen LogP contribution in [-0.4, -0.2) is 49.3 Å². The molecule has 0 spiro atoms. The second-order valence-corrected chi connectivity index (χ2v) is 23.9. The molecule has 0 amide bonds. The molecule has 73 heavy (non-hydrogen) atoms. The average Bonchev–Trinajstić information content (AvgIpc) is 3.38. The molecule has 0 radical (unpaired) electrons. The van der Waals surface area contributed by atoms with Gasteiger partial charge in [-0.2, -0.15) is 0 Å². The van der Waals surface area contributed by atoms with Crippen LogP contribution in [0.5, 0.6) is 0 Å². The van der Waals surface area contributed by atoms with Crippen LogP contribution in [-0.2, 0) is 38.1 Å². The van der Waals surface area contributed by atoms with Gasteiger partial charge >= 0.3 is 23.9 Å². The summed E-state index contributed by atoms with van der Waals surface area (Å²) in [5.74, 6) is -1.11. The van der Waals surface area contributed by atoms with Gasteiger partial charge in [0.05, 0.1) is 36.9 Å². The first-order valence-corrected chi connectivity index (χ1v) is 31.3. The lowest BCUT2D eigenvalue weighted by Crippen LogP contribution is -2.40. The number of hydrogen-bond donors (Lipinski definition) is 0. The van der Waals surface area contributed by atoms with E-state index >= 15 is 0 Å². The predicted octanol–water partition coefficient (Wildman–Crippen LogP) is 18.7. The summed E-state index contributed by atoms with van der Waals surface area (Å²) in [4.78, 5) is 51.8. The van der Waals surface area contributed by atoms with Gasteiger partial charge in [0.15, 0.2) is 0 Å². The number of carbonyl (C=O) groups excluding carboxylic acids is 4. The standard InChI is InChI=1S/C65H116O8/c1-9-11-13-15-17-19-21-23-25-27-29-31-33-35-37-39-49-70-61(66)53(3)51-55(5)63(68)72-59-45-41-57(42-46-59)65(7,8)58-43-47-60(48-44-58)73-64(69)56(6)52-54(4)62(67)71-50-40-38-36-34-32-30-28-26-24-22-20-18-16-14-12-10-2/h23-26,53-60H,9-22,27-52H2,1-8H3/b25-23-,26-24-. The third kappa shape index (κ3) is 31.9. The lowest BCUT2D eigenvalue weighted by Gasteiger charge is -2.46. The van der Waals surface area contributed by atoms with Crippen molar-refractivity contribution >= 4 is 23.9 Å². The molecule has 0 aromatic carbocycles. The molecule has 2 saturated carbocycles. The van der Waals surface area contributed by atoms with Crippen molar-refractivity contribution in [3.05, 3.63) is 24.3 Å². The van der Waals surface area contributed by atoms with Gasteiger partial charge in [0, 0.05) is 0 Å². The van der Waals surface area contributed by atoms with Crippen molar-refractivity contribution in [1.29, 1.82) is 0 Å². The molecule has 8 heteroatoms. The van der Waals surface area contributed by atoms with Crippen LogP contribution in [0.25, 0.3) is 0 Å². The topological polar surface area (TPSA) is 105 Å². The van der Waals surface area contributed by atoms with E-state index in [1.165, 1.54) is 154 Å². The van der Waals surface area contributed by atoms with Crippen LogP contribution in [0.1, 0.15) is 299 Å². The van der Waals surface area contributed by atoms with E-state index < -0.39 is 0 Å². The second-order valence-electron chi connectivity index (χ2n) is 23.9. The molecule has 0 aromatic heterocycles. The first kappa shape index (κ1) is 66.5. The van der Waals surface area contributed by atoms with Crippen molar-refractivity contribution < 1.29 is 38.1 Å². The zero-order valence-corrected chi connectivity index (χ0v) is 49.0. The highest BCUT2D eigenvalue weighted by Crippen LogP contribution is 2.49. The van der Waals surface area contributed by atoms with Gasteiger partial charge in [0.25, 0.3) is 0 Å². The zero-order chi connectivity index (χ0) is 53.4. The Morgan fingerprint density at radius 3 is 0.945 bits per heavy atom. The lowest BCUT2D eigenvalue weighted by atomic mass is 9.60. The fourth-order valence-electron chi connectivity index (χ4n) is 11.5. The van der Waals surface area contributed by atoms with Crippen LogP contribution >= 0.6 is 0 Å². The Morgan fingerprint density at radius 1 is 0.384 bits per heavy atom. The first-order chi connectivity index (χ1) is 35.3. The molecule has 2 aliphatic rings. The minimum absolute atomic E-state index is 0.0701. The third-order valence-electron chi connectivity index (χ3n) is 16.8. The molecule has 424 valence electrons. The Labute approximate surface area is 450 Å². The minimum Gasteiger partial charge on any atom is -0.465 e. The second kappa shape index (κ2) is 42.5. The van der Waals surface area contributed by atoms with E-state index in [9.17, 15) is 19.2 Å². The SMILES string of the molecule is CCCCCCCC/C=C\CCCCCCCCOC(=O)C(C)CC(C)C(=O)OC1CCC(C(C)(C)C2CCC(OC(=O)C(C)CC(C)C(=O)OCCCCCCCC/C=C\CCCCCCCC)CC2)CC1. The number of carbonyl (C=O) groups is 4. The summed E-state index contributed by atoms with van der Waals surface area (Å²) >= 11 is 0. The number of hydrogen-bond acceptors (Lipinski definition) is 8. The molecule has 0 aromatic rings. The summed E-state index contributed by atoms with van der Waals surface area (Å²) in [5.41, 5.74) is 0.143. The van der Waals surface area contributed by atoms with Crippen molar-refractivity contribution in [3.8, 4) is 0 Å². The van der Waals surface area contributed by atoms with Crippen LogP contribution in [0.15, 0.2) is 24.3 Å². The maximum absolute atomic E-state index is 13.2. The minimum atomic E-state index is -0.351. The molecule has 2 rings (SSSR count). The molecule has 4 atom stereocenters. The molecule has 8 nitrogen and oxygen atoms in total. The number of allylic oxidation sites excluding steroid dienone is 4. The van der Waals surface area contributed by atoms with Gasteiger partial charge in [-0.1, -0.05) is 195 Å². The van der Waals surface area contributed by atoms with Gasteiger partial charge in [0.1, 0.15) is 12.2 Å². The maximum atomic E-state index is 13.2. The molecule has 0 heterocycles. The summed E-state index contributed by atoms with van der Waals surface area (Å²) < 4.78 is 23.3. The van der Waals surface area contributed by atoms with E-state index in [2.05, 4.69) is 52.0 Å². The molecule has 4 unspecified atom stereocenters. The van der Waals surface area contributed by atoms with E-state index in [1.807, 2.05) is 27.7 Å². The van der Waals surface area contributed by atoms with E-state index in [0.717, 1.165) is 77.0 Å². The largest absolute Gasteiger partial charge is 0.465 e. The van der Waals surface area contributed by atoms with Gasteiger partial charge < -0.3 is 18.9 Å². The Morgan fingerprint density at radius 2 is 0.644 bits per heavy atom. The molecule has 2 fully saturated rings. The van der Waals surface area contributed by atoms with E-state index in [1.54, 1.807) is 0 Å². The van der Waals surface area contributed by atoms with Crippen LogP contribution in [0, 0.1) is 40.9 Å². The smallest absolute Gasteiger partial charge is 0.308 e. The Kier molecular flexibility index (Phi) is 38.7. The number of unbranched alkanes of at least 4 members (excludes halogenated alkanes) is 24. The van der Waals surface area contributed by atoms with Gasteiger partial charge in [0.2, 0.25) is 0 Å². The van der Waals surface area contributed by atoms with Gasteiger partial charge in [-0.3, -0.25) is 19.2 Å². The number of ether oxygens (including phenoxy) is 4. The summed E-state index contributed by atoms with van der Waals surface area (Å²) in [6, 6.07) is 0. The van der Waals surface area contributed by atoms with Crippen molar-refractivity contribution in [2.45, 2.75) is 312 Å². The quantitative estimate of drug-likeness (QED) is 0.0257. The predicted molar refractivity (Wildman–Crippen MR) is 304 cm³/mol. The molecule has 2 aliphatic carbocycles. The van der Waals surface area contributed by atoms with Crippen molar-refractivity contribution in [1.82, 2.24) is 0 Å². The maximum Gasteiger partial charge on any atom is 0.308 e. The van der Waals surface area contributed by atoms with E-state index in [-0.39, 0.29) is 65.2 Å². The molecule has 0 aliphatic heterocycles. The Bertz CT molecular complexity index is 1350. The number of rotatable bonds is 44. The lowest BCUT2D eigenvalue weighted by molar-refractivity contribution is -0.158. The molecular formula is C65H116O8. The van der Waals surface area contributed by atoms with Crippen molar-refractivity contribution in [3.63, 3.8) is 0 Å². The van der Waals surface area contributed by atoms with Gasteiger partial charge in [-0.05, 0) is 146 Å². The van der Waals surface area contributed by atoms with Crippen molar-refractivity contribution in [2.75, 3.05) is 13.2 Å².